The molecule has 9 nitrogen and oxygen atoms in total. The highest BCUT2D eigenvalue weighted by Gasteiger charge is 2.28. The topological polar surface area (TPSA) is 114 Å². The Kier molecular flexibility index (Phi) is 7.36. The lowest BCUT2D eigenvalue weighted by Crippen LogP contribution is -2.29. The number of carbonyl (C=O) groups excluding carboxylic acids is 1. The second-order valence-corrected chi connectivity index (χ2v) is 11.3. The van der Waals surface area contributed by atoms with Crippen molar-refractivity contribution < 1.29 is 17.9 Å². The van der Waals surface area contributed by atoms with Crippen LogP contribution in [0.2, 0.25) is 0 Å². The van der Waals surface area contributed by atoms with Crippen LogP contribution in [0.5, 0.6) is 5.75 Å². The number of nitrogens with one attached hydrogen (secondary N) is 2. The fraction of sp³-hybridized carbons (Fsp3) is 0.269. The summed E-state index contributed by atoms with van der Waals surface area (Å²) in [4.78, 5) is 13.2. The third kappa shape index (κ3) is 5.74. The maximum Gasteiger partial charge on any atom is 0.251 e. The van der Waals surface area contributed by atoms with Crippen LogP contribution in [0.3, 0.4) is 0 Å². The predicted octanol–water partition coefficient (Wildman–Crippen LogP) is 4.03. The Labute approximate surface area is 219 Å². The number of aromatic nitrogens is 2. The highest BCUT2D eigenvalue weighted by molar-refractivity contribution is 7.89. The maximum absolute atomic E-state index is 13.3. The molecule has 1 aliphatic heterocycles. The Balaban J connectivity index is 1.38. The van der Waals surface area contributed by atoms with Crippen molar-refractivity contribution in [2.45, 2.75) is 30.8 Å². The Hall–Kier alpha value is -3.54. The van der Waals surface area contributed by atoms with E-state index in [0.717, 1.165) is 52.5 Å². The van der Waals surface area contributed by atoms with E-state index in [1.54, 1.807) is 19.2 Å². The average Bonchev–Trinajstić information content (AvgIpc) is 3.63. The number of rotatable bonds is 9. The number of anilines is 1. The molecule has 1 aromatic heterocycles. The number of hydrogen-bond donors (Lipinski definition) is 2. The van der Waals surface area contributed by atoms with Gasteiger partial charge >= 0.3 is 0 Å². The molecule has 1 fully saturated rings. The van der Waals surface area contributed by atoms with E-state index in [9.17, 15) is 13.2 Å². The molecule has 5 rings (SSSR count). The molecule has 0 spiro atoms. The van der Waals surface area contributed by atoms with E-state index in [1.165, 1.54) is 10.4 Å². The summed E-state index contributed by atoms with van der Waals surface area (Å²) in [5.74, 6) is 0.378. The van der Waals surface area contributed by atoms with Crippen LogP contribution in [0.25, 0.3) is 11.0 Å². The van der Waals surface area contributed by atoms with Gasteiger partial charge in [-0.15, -0.1) is 0 Å². The van der Waals surface area contributed by atoms with Gasteiger partial charge < -0.3 is 15.4 Å². The number of nitrogens with zero attached hydrogens (tertiary/aromatic N) is 3. The third-order valence-corrected chi connectivity index (χ3v) is 8.73. The minimum atomic E-state index is -3.71. The molecular formula is C26H27N5O4S2. The highest BCUT2D eigenvalue weighted by atomic mass is 32.2. The number of fused-ring (bicyclic) bond motifs is 1. The molecule has 11 heteroatoms. The molecule has 0 aliphatic carbocycles. The van der Waals surface area contributed by atoms with E-state index in [1.807, 2.05) is 42.5 Å². The van der Waals surface area contributed by atoms with Gasteiger partial charge in [-0.3, -0.25) is 4.79 Å². The maximum atomic E-state index is 13.3. The van der Waals surface area contributed by atoms with E-state index in [-0.39, 0.29) is 16.4 Å². The Morgan fingerprint density at radius 1 is 0.946 bits per heavy atom. The van der Waals surface area contributed by atoms with Crippen LogP contribution in [0.15, 0.2) is 65.6 Å². The zero-order chi connectivity index (χ0) is 25.8. The summed E-state index contributed by atoms with van der Waals surface area (Å²) in [6.07, 6.45) is 1.67. The van der Waals surface area contributed by atoms with Crippen molar-refractivity contribution in [3.8, 4) is 5.75 Å². The van der Waals surface area contributed by atoms with Crippen LogP contribution >= 0.6 is 11.7 Å². The second kappa shape index (κ2) is 10.8. The fourth-order valence-electron chi connectivity index (χ4n) is 4.23. The van der Waals surface area contributed by atoms with E-state index in [2.05, 4.69) is 19.4 Å². The Bertz CT molecular complexity index is 1510. The molecule has 0 bridgehead atoms. The molecule has 3 aromatic carbocycles. The molecule has 37 heavy (non-hydrogen) atoms. The number of methoxy groups -OCH3 is 1. The van der Waals surface area contributed by atoms with Gasteiger partial charge in [-0.1, -0.05) is 18.2 Å². The van der Waals surface area contributed by atoms with E-state index in [0.29, 0.717) is 31.9 Å². The first-order chi connectivity index (χ1) is 17.9. The monoisotopic (exact) mass is 537 g/mol. The van der Waals surface area contributed by atoms with E-state index < -0.39 is 10.0 Å². The van der Waals surface area contributed by atoms with Crippen LogP contribution in [0.4, 0.5) is 5.69 Å². The third-order valence-electron chi connectivity index (χ3n) is 6.30. The Morgan fingerprint density at radius 2 is 1.68 bits per heavy atom. The summed E-state index contributed by atoms with van der Waals surface area (Å²) in [6, 6.07) is 17.9. The summed E-state index contributed by atoms with van der Waals surface area (Å²) in [6.45, 7) is 1.71. The van der Waals surface area contributed by atoms with Gasteiger partial charge in [0.1, 0.15) is 16.8 Å². The SMILES string of the molecule is COc1ccc(CNC(=O)c2cc(NCc3ccc4nsnc4c3)cc(S(=O)(=O)N3CCCC3)c2)cc1. The van der Waals surface area contributed by atoms with Crippen molar-refractivity contribution in [3.05, 3.63) is 77.4 Å². The largest absolute Gasteiger partial charge is 0.497 e. The van der Waals surface area contributed by atoms with Crippen molar-refractivity contribution in [3.63, 3.8) is 0 Å². The summed E-state index contributed by atoms with van der Waals surface area (Å²) in [5, 5.41) is 6.17. The minimum Gasteiger partial charge on any atom is -0.497 e. The molecule has 192 valence electrons. The average molecular weight is 538 g/mol. The molecule has 1 saturated heterocycles. The van der Waals surface area contributed by atoms with Gasteiger partial charge in [-0.2, -0.15) is 13.1 Å². The second-order valence-electron chi connectivity index (χ2n) is 8.83. The molecule has 1 aliphatic rings. The van der Waals surface area contributed by atoms with Crippen LogP contribution in [0.1, 0.15) is 34.3 Å². The first-order valence-corrected chi connectivity index (χ1v) is 14.1. The van der Waals surface area contributed by atoms with Crippen molar-refractivity contribution in [2.24, 2.45) is 0 Å². The van der Waals surface area contributed by atoms with Crippen LogP contribution in [0, 0.1) is 0 Å². The first-order valence-electron chi connectivity index (χ1n) is 11.9. The lowest BCUT2D eigenvalue weighted by Gasteiger charge is -2.18. The summed E-state index contributed by atoms with van der Waals surface area (Å²) in [5.41, 5.74) is 4.34. The molecule has 2 N–H and O–H groups in total. The van der Waals surface area contributed by atoms with Crippen LogP contribution < -0.4 is 15.4 Å². The Morgan fingerprint density at radius 3 is 2.43 bits per heavy atom. The van der Waals surface area contributed by atoms with Gasteiger partial charge in [0.15, 0.2) is 0 Å². The number of ether oxygens (including phenoxy) is 1. The van der Waals surface area contributed by atoms with Crippen LogP contribution in [-0.4, -0.2) is 47.6 Å². The van der Waals surface area contributed by atoms with Gasteiger partial charge in [-0.05, 0) is 66.4 Å². The molecule has 2 heterocycles. The normalized spacial score (nSPS) is 14.1. The predicted molar refractivity (Wildman–Crippen MR) is 143 cm³/mol. The molecule has 0 atom stereocenters. The van der Waals surface area contributed by atoms with Crippen molar-refractivity contribution >= 4 is 44.4 Å². The van der Waals surface area contributed by atoms with E-state index >= 15 is 0 Å². The number of carbonyl (C=O) groups is 1. The minimum absolute atomic E-state index is 0.105. The molecule has 0 unspecified atom stereocenters. The molecule has 1 amide bonds. The molecule has 0 radical (unpaired) electrons. The number of benzene rings is 3. The lowest BCUT2D eigenvalue weighted by molar-refractivity contribution is 0.0950. The quantitative estimate of drug-likeness (QED) is 0.331. The van der Waals surface area contributed by atoms with Gasteiger partial charge in [0.25, 0.3) is 5.91 Å². The molecule has 4 aromatic rings. The fourth-order valence-corrected chi connectivity index (χ4v) is 6.33. The molecule has 0 saturated carbocycles. The number of amides is 1. The molecular weight excluding hydrogens is 510 g/mol. The highest BCUT2D eigenvalue weighted by Crippen LogP contribution is 2.26. The summed E-state index contributed by atoms with van der Waals surface area (Å²) < 4.78 is 41.8. The van der Waals surface area contributed by atoms with Gasteiger partial charge in [0, 0.05) is 37.4 Å². The van der Waals surface area contributed by atoms with Crippen molar-refractivity contribution in [1.29, 1.82) is 0 Å². The summed E-state index contributed by atoms with van der Waals surface area (Å²) in [7, 11) is -2.12. The zero-order valence-electron chi connectivity index (χ0n) is 20.3. The van der Waals surface area contributed by atoms with E-state index in [4.69, 9.17) is 4.74 Å². The lowest BCUT2D eigenvalue weighted by atomic mass is 10.1. The first kappa shape index (κ1) is 25.1. The number of hydrogen-bond acceptors (Lipinski definition) is 8. The van der Waals surface area contributed by atoms with Gasteiger partial charge in [-0.25, -0.2) is 8.42 Å². The summed E-state index contributed by atoms with van der Waals surface area (Å²) >= 11 is 1.16. The van der Waals surface area contributed by atoms with Gasteiger partial charge in [0.2, 0.25) is 10.0 Å². The standard InChI is InChI=1S/C26H27N5O4S2/c1-35-22-7-4-18(5-8-22)16-28-26(32)20-13-21(15-23(14-20)37(33,34)31-10-2-3-11-31)27-17-19-6-9-24-25(12-19)30-36-29-24/h4-9,12-15,27H,2-3,10-11,16-17H2,1H3,(H,28,32). The van der Waals surface area contributed by atoms with Crippen LogP contribution in [-0.2, 0) is 23.1 Å². The van der Waals surface area contributed by atoms with Gasteiger partial charge in [0.05, 0.1) is 23.7 Å². The smallest absolute Gasteiger partial charge is 0.251 e. The van der Waals surface area contributed by atoms with Crippen molar-refractivity contribution in [1.82, 2.24) is 18.4 Å². The zero-order valence-corrected chi connectivity index (χ0v) is 21.9. The number of sulfonamides is 1. The van der Waals surface area contributed by atoms with Crippen molar-refractivity contribution in [2.75, 3.05) is 25.5 Å².